The Morgan fingerprint density at radius 3 is 2.78 bits per heavy atom. The van der Waals surface area contributed by atoms with E-state index in [9.17, 15) is 4.79 Å². The molecule has 0 atom stereocenters. The van der Waals surface area contributed by atoms with E-state index in [-0.39, 0.29) is 5.91 Å². The number of aryl methyl sites for hydroxylation is 1. The minimum Gasteiger partial charge on any atom is -0.355 e. The molecule has 0 radical (unpaired) electrons. The number of hydrogen-bond acceptors (Lipinski definition) is 7. The Bertz CT molecular complexity index is 693. The van der Waals surface area contributed by atoms with Crippen LogP contribution in [0.5, 0.6) is 0 Å². The van der Waals surface area contributed by atoms with Crippen LogP contribution in [0.25, 0.3) is 10.7 Å². The second-order valence-electron chi connectivity index (χ2n) is 7.41. The van der Waals surface area contributed by atoms with Gasteiger partial charge in [-0.25, -0.2) is 0 Å². The summed E-state index contributed by atoms with van der Waals surface area (Å²) >= 11 is 1.62. The zero-order valence-electron chi connectivity index (χ0n) is 16.2. The molecule has 148 valence electrons. The molecule has 8 heteroatoms. The predicted molar refractivity (Wildman–Crippen MR) is 107 cm³/mol. The lowest BCUT2D eigenvalue weighted by molar-refractivity contribution is -0.122. The van der Waals surface area contributed by atoms with Crippen LogP contribution in [0.3, 0.4) is 0 Å². The molecule has 0 spiro atoms. The summed E-state index contributed by atoms with van der Waals surface area (Å²) in [5.74, 6) is 2.02. The third-order valence-electron chi connectivity index (χ3n) is 4.61. The van der Waals surface area contributed by atoms with E-state index in [0.717, 1.165) is 57.0 Å². The number of thiophene rings is 1. The highest BCUT2D eigenvalue weighted by Gasteiger charge is 2.19. The molecule has 1 aliphatic rings. The summed E-state index contributed by atoms with van der Waals surface area (Å²) in [6.45, 7) is 10.4. The highest BCUT2D eigenvalue weighted by molar-refractivity contribution is 7.13. The van der Waals surface area contributed by atoms with Crippen LogP contribution >= 0.6 is 11.3 Å². The molecule has 0 saturated carbocycles. The second kappa shape index (κ2) is 9.96. The summed E-state index contributed by atoms with van der Waals surface area (Å²) in [6.07, 6.45) is 1.80. The number of hydrogen-bond donors (Lipinski definition) is 1. The van der Waals surface area contributed by atoms with Gasteiger partial charge in [0.05, 0.1) is 11.4 Å². The van der Waals surface area contributed by atoms with Crippen LogP contribution in [0, 0.1) is 5.92 Å². The molecule has 2 aromatic rings. The summed E-state index contributed by atoms with van der Waals surface area (Å²) < 4.78 is 5.35. The SMILES string of the molecule is CC(C)CNC(=O)CN1CCN(CCCc2nc(-c3cccs3)no2)CC1. The largest absolute Gasteiger partial charge is 0.355 e. The van der Waals surface area contributed by atoms with Crippen molar-refractivity contribution in [3.63, 3.8) is 0 Å². The van der Waals surface area contributed by atoms with Crippen molar-refractivity contribution < 1.29 is 9.32 Å². The van der Waals surface area contributed by atoms with Gasteiger partial charge in [-0.15, -0.1) is 11.3 Å². The van der Waals surface area contributed by atoms with E-state index in [2.05, 4.69) is 39.1 Å². The van der Waals surface area contributed by atoms with Gasteiger partial charge in [-0.1, -0.05) is 25.1 Å². The van der Waals surface area contributed by atoms with Crippen molar-refractivity contribution in [3.8, 4) is 10.7 Å². The molecule has 27 heavy (non-hydrogen) atoms. The molecule has 2 aromatic heterocycles. The van der Waals surface area contributed by atoms with Gasteiger partial charge in [-0.2, -0.15) is 4.98 Å². The van der Waals surface area contributed by atoms with E-state index < -0.39 is 0 Å². The molecule has 1 N–H and O–H groups in total. The maximum absolute atomic E-state index is 11.9. The molecule has 0 aromatic carbocycles. The maximum atomic E-state index is 11.9. The molecule has 0 bridgehead atoms. The standard InChI is InChI=1S/C19H29N5O2S/c1-15(2)13-20-17(25)14-24-10-8-23(9-11-24)7-3-6-18-21-19(22-26-18)16-5-4-12-27-16/h4-5,12,15H,3,6-11,13-14H2,1-2H3,(H,20,25). The van der Waals surface area contributed by atoms with E-state index in [1.165, 1.54) is 0 Å². The molecule has 3 heterocycles. The van der Waals surface area contributed by atoms with Gasteiger partial charge in [0.15, 0.2) is 0 Å². The van der Waals surface area contributed by atoms with Crippen LogP contribution in [-0.4, -0.2) is 71.7 Å². The average Bonchev–Trinajstić information content (AvgIpc) is 3.33. The fourth-order valence-corrected chi connectivity index (χ4v) is 3.71. The van der Waals surface area contributed by atoms with Crippen molar-refractivity contribution in [1.82, 2.24) is 25.3 Å². The number of rotatable bonds is 9. The summed E-state index contributed by atoms with van der Waals surface area (Å²) in [5.41, 5.74) is 0. The molecule has 0 aliphatic carbocycles. The molecule has 3 rings (SSSR count). The van der Waals surface area contributed by atoms with E-state index >= 15 is 0 Å². The predicted octanol–water partition coefficient (Wildman–Crippen LogP) is 2.12. The molecular weight excluding hydrogens is 362 g/mol. The first-order valence-corrected chi connectivity index (χ1v) is 10.6. The number of amides is 1. The van der Waals surface area contributed by atoms with E-state index in [1.54, 1.807) is 11.3 Å². The molecule has 1 fully saturated rings. The van der Waals surface area contributed by atoms with Crippen molar-refractivity contribution >= 4 is 17.2 Å². The van der Waals surface area contributed by atoms with E-state index in [1.807, 2.05) is 17.5 Å². The zero-order chi connectivity index (χ0) is 19.1. The first-order chi connectivity index (χ1) is 13.1. The van der Waals surface area contributed by atoms with Crippen LogP contribution in [-0.2, 0) is 11.2 Å². The fourth-order valence-electron chi connectivity index (χ4n) is 3.06. The monoisotopic (exact) mass is 391 g/mol. The van der Waals surface area contributed by atoms with Gasteiger partial charge in [-0.3, -0.25) is 9.69 Å². The van der Waals surface area contributed by atoms with Gasteiger partial charge in [0.2, 0.25) is 17.6 Å². The Labute approximate surface area is 164 Å². The lowest BCUT2D eigenvalue weighted by Gasteiger charge is -2.34. The van der Waals surface area contributed by atoms with Crippen LogP contribution < -0.4 is 5.32 Å². The number of piperazine rings is 1. The van der Waals surface area contributed by atoms with Crippen molar-refractivity contribution in [1.29, 1.82) is 0 Å². The van der Waals surface area contributed by atoms with Gasteiger partial charge in [0.1, 0.15) is 0 Å². The molecule has 0 unspecified atom stereocenters. The third kappa shape index (κ3) is 6.41. The summed E-state index contributed by atoms with van der Waals surface area (Å²) in [4.78, 5) is 22.1. The number of nitrogens with one attached hydrogen (secondary N) is 1. The van der Waals surface area contributed by atoms with Crippen LogP contribution in [0.15, 0.2) is 22.0 Å². The van der Waals surface area contributed by atoms with E-state index in [4.69, 9.17) is 4.52 Å². The Kier molecular flexibility index (Phi) is 7.37. The zero-order valence-corrected chi connectivity index (χ0v) is 17.0. The third-order valence-corrected chi connectivity index (χ3v) is 5.48. The summed E-state index contributed by atoms with van der Waals surface area (Å²) in [7, 11) is 0. The van der Waals surface area contributed by atoms with Crippen molar-refractivity contribution in [3.05, 3.63) is 23.4 Å². The topological polar surface area (TPSA) is 74.5 Å². The normalized spacial score (nSPS) is 16.1. The second-order valence-corrected chi connectivity index (χ2v) is 8.36. The van der Waals surface area contributed by atoms with E-state index in [0.29, 0.717) is 24.2 Å². The Balaban J connectivity index is 1.31. The number of carbonyl (C=O) groups is 1. The highest BCUT2D eigenvalue weighted by Crippen LogP contribution is 2.21. The van der Waals surface area contributed by atoms with Crippen LogP contribution in [0.2, 0.25) is 0 Å². The minimum absolute atomic E-state index is 0.134. The number of nitrogens with zero attached hydrogens (tertiary/aromatic N) is 4. The average molecular weight is 392 g/mol. The van der Waals surface area contributed by atoms with Gasteiger partial charge < -0.3 is 14.7 Å². The molecular formula is C19H29N5O2S. The quantitative estimate of drug-likeness (QED) is 0.706. The van der Waals surface area contributed by atoms with Crippen molar-refractivity contribution in [2.75, 3.05) is 45.8 Å². The first kappa shape index (κ1) is 20.0. The Morgan fingerprint density at radius 1 is 1.30 bits per heavy atom. The maximum Gasteiger partial charge on any atom is 0.234 e. The van der Waals surface area contributed by atoms with Gasteiger partial charge >= 0.3 is 0 Å². The molecule has 1 saturated heterocycles. The van der Waals surface area contributed by atoms with Crippen LogP contribution in [0.1, 0.15) is 26.2 Å². The fraction of sp³-hybridized carbons (Fsp3) is 0.632. The lowest BCUT2D eigenvalue weighted by Crippen LogP contribution is -2.49. The minimum atomic E-state index is 0.134. The smallest absolute Gasteiger partial charge is 0.234 e. The summed E-state index contributed by atoms with van der Waals surface area (Å²) in [5, 5.41) is 9.05. The first-order valence-electron chi connectivity index (χ1n) is 9.68. The molecule has 1 amide bonds. The molecule has 7 nitrogen and oxygen atoms in total. The van der Waals surface area contributed by atoms with Crippen LogP contribution in [0.4, 0.5) is 0 Å². The number of aromatic nitrogens is 2. The Hall–Kier alpha value is -1.77. The van der Waals surface area contributed by atoms with Gasteiger partial charge in [0.25, 0.3) is 0 Å². The van der Waals surface area contributed by atoms with Crippen molar-refractivity contribution in [2.24, 2.45) is 5.92 Å². The summed E-state index contributed by atoms with van der Waals surface area (Å²) in [6, 6.07) is 3.99. The molecule has 1 aliphatic heterocycles. The lowest BCUT2D eigenvalue weighted by atomic mass is 10.2. The number of carbonyl (C=O) groups excluding carboxylic acids is 1. The highest BCUT2D eigenvalue weighted by atomic mass is 32.1. The van der Waals surface area contributed by atoms with Gasteiger partial charge in [0, 0.05) is 39.1 Å². The van der Waals surface area contributed by atoms with Gasteiger partial charge in [-0.05, 0) is 30.3 Å². The van der Waals surface area contributed by atoms with Crippen molar-refractivity contribution in [2.45, 2.75) is 26.7 Å². The Morgan fingerprint density at radius 2 is 2.07 bits per heavy atom.